The Kier molecular flexibility index (Phi) is 6.63. The number of nitrogens with two attached hydrogens (primary N) is 1. The van der Waals surface area contributed by atoms with Gasteiger partial charge in [-0.15, -0.1) is 0 Å². The minimum absolute atomic E-state index is 0.0492. The second-order valence-electron chi connectivity index (χ2n) is 4.99. The minimum atomic E-state index is 0.0492. The molecule has 18 heavy (non-hydrogen) atoms. The molecule has 0 aromatic heterocycles. The first-order valence-corrected chi connectivity index (χ1v) is 7.34. The van der Waals surface area contributed by atoms with Crippen LogP contribution < -0.4 is 11.1 Å². The van der Waals surface area contributed by atoms with Gasteiger partial charge in [-0.1, -0.05) is 19.9 Å². The predicted molar refractivity (Wildman–Crippen MR) is 84.4 cm³/mol. The maximum Gasteiger partial charge on any atom is 0.224 e. The summed E-state index contributed by atoms with van der Waals surface area (Å²) < 4.78 is 1.11. The molecule has 0 aliphatic carbocycles. The highest BCUT2D eigenvalue weighted by atomic mass is 127. The fraction of sp³-hybridized carbons (Fsp3) is 0.500. The van der Waals surface area contributed by atoms with Crippen LogP contribution in [0, 0.1) is 15.4 Å². The van der Waals surface area contributed by atoms with Crippen molar-refractivity contribution in [1.29, 1.82) is 0 Å². The van der Waals surface area contributed by atoms with Crippen molar-refractivity contribution < 1.29 is 4.79 Å². The lowest BCUT2D eigenvalue weighted by Gasteiger charge is -2.16. The van der Waals surface area contributed by atoms with Crippen LogP contribution in [0.3, 0.4) is 0 Å². The first kappa shape index (κ1) is 15.4. The summed E-state index contributed by atoms with van der Waals surface area (Å²) in [5.74, 6) is 0.893. The van der Waals surface area contributed by atoms with Gasteiger partial charge < -0.3 is 11.1 Å². The zero-order chi connectivity index (χ0) is 13.5. The van der Waals surface area contributed by atoms with Gasteiger partial charge in [-0.2, -0.15) is 0 Å². The Balaban J connectivity index is 2.50. The molecule has 1 atom stereocenters. The van der Waals surface area contributed by atoms with Crippen LogP contribution in [0.25, 0.3) is 0 Å². The molecule has 3 N–H and O–H groups in total. The van der Waals surface area contributed by atoms with Crippen molar-refractivity contribution in [3.63, 3.8) is 0 Å². The van der Waals surface area contributed by atoms with Crippen molar-refractivity contribution >= 4 is 34.2 Å². The van der Waals surface area contributed by atoms with E-state index in [1.165, 1.54) is 0 Å². The van der Waals surface area contributed by atoms with Crippen molar-refractivity contribution in [2.75, 3.05) is 11.9 Å². The Morgan fingerprint density at radius 2 is 2.17 bits per heavy atom. The number of carbonyl (C=O) groups excluding carboxylic acids is 1. The Morgan fingerprint density at radius 3 is 2.72 bits per heavy atom. The summed E-state index contributed by atoms with van der Waals surface area (Å²) in [4.78, 5) is 11.9. The molecule has 0 aliphatic rings. The normalized spacial score (nSPS) is 12.5. The van der Waals surface area contributed by atoms with Crippen LogP contribution in [0.2, 0.25) is 0 Å². The van der Waals surface area contributed by atoms with Crippen molar-refractivity contribution in [3.05, 3.63) is 27.8 Å². The minimum Gasteiger partial charge on any atom is -0.330 e. The second kappa shape index (κ2) is 7.74. The zero-order valence-corrected chi connectivity index (χ0v) is 13.1. The highest BCUT2D eigenvalue weighted by Gasteiger charge is 2.14. The van der Waals surface area contributed by atoms with E-state index in [-0.39, 0.29) is 11.8 Å². The highest BCUT2D eigenvalue weighted by molar-refractivity contribution is 14.1. The van der Waals surface area contributed by atoms with E-state index in [9.17, 15) is 4.79 Å². The Hall–Kier alpha value is -0.620. The lowest BCUT2D eigenvalue weighted by molar-refractivity contribution is -0.117. The van der Waals surface area contributed by atoms with Gasteiger partial charge in [0.25, 0.3) is 0 Å². The van der Waals surface area contributed by atoms with Crippen molar-refractivity contribution in [1.82, 2.24) is 0 Å². The zero-order valence-electron chi connectivity index (χ0n) is 10.9. The fourth-order valence-electron chi connectivity index (χ4n) is 1.97. The number of hydrogen-bond acceptors (Lipinski definition) is 2. The average molecular weight is 360 g/mol. The molecule has 0 fully saturated rings. The van der Waals surface area contributed by atoms with Crippen LogP contribution >= 0.6 is 22.6 Å². The molecule has 1 unspecified atom stereocenters. The van der Waals surface area contributed by atoms with Crippen LogP contribution in [0.15, 0.2) is 24.3 Å². The third-order valence-corrected chi connectivity index (χ3v) is 3.39. The summed E-state index contributed by atoms with van der Waals surface area (Å²) in [5, 5.41) is 2.92. The Labute approximate surface area is 123 Å². The van der Waals surface area contributed by atoms with Gasteiger partial charge in [-0.3, -0.25) is 4.79 Å². The highest BCUT2D eigenvalue weighted by Crippen LogP contribution is 2.17. The molecule has 0 bridgehead atoms. The number of nitrogens with one attached hydrogen (secondary N) is 1. The first-order valence-electron chi connectivity index (χ1n) is 6.26. The molecule has 1 rings (SSSR count). The van der Waals surface area contributed by atoms with Crippen molar-refractivity contribution in [2.24, 2.45) is 17.6 Å². The number of carbonyl (C=O) groups is 1. The van der Waals surface area contributed by atoms with Crippen LogP contribution in [-0.4, -0.2) is 12.5 Å². The molecule has 1 amide bonds. The van der Waals surface area contributed by atoms with Gasteiger partial charge in [0.2, 0.25) is 5.91 Å². The number of halogens is 1. The smallest absolute Gasteiger partial charge is 0.224 e. The fourth-order valence-corrected chi connectivity index (χ4v) is 2.51. The Morgan fingerprint density at radius 1 is 1.44 bits per heavy atom. The van der Waals surface area contributed by atoms with E-state index in [2.05, 4.69) is 41.8 Å². The number of rotatable bonds is 6. The topological polar surface area (TPSA) is 55.1 Å². The molecular weight excluding hydrogens is 339 g/mol. The predicted octanol–water partition coefficient (Wildman–Crippen LogP) is 3.24. The van der Waals surface area contributed by atoms with Crippen LogP contribution in [0.4, 0.5) is 5.69 Å². The number of amides is 1. The maximum atomic E-state index is 11.9. The van der Waals surface area contributed by atoms with Crippen molar-refractivity contribution in [3.8, 4) is 0 Å². The molecule has 1 aromatic carbocycles. The monoisotopic (exact) mass is 360 g/mol. The third kappa shape index (κ3) is 5.82. The first-order chi connectivity index (χ1) is 8.51. The van der Waals surface area contributed by atoms with E-state index in [1.807, 2.05) is 24.3 Å². The van der Waals surface area contributed by atoms with Gasteiger partial charge >= 0.3 is 0 Å². The van der Waals surface area contributed by atoms with Crippen LogP contribution in [0.1, 0.15) is 26.7 Å². The lowest BCUT2D eigenvalue weighted by Crippen LogP contribution is -2.23. The van der Waals surface area contributed by atoms with E-state index < -0.39 is 0 Å². The van der Waals surface area contributed by atoms with E-state index >= 15 is 0 Å². The molecule has 3 nitrogen and oxygen atoms in total. The summed E-state index contributed by atoms with van der Waals surface area (Å²) in [6.45, 7) is 4.87. The average Bonchev–Trinajstić information content (AvgIpc) is 2.27. The second-order valence-corrected chi connectivity index (χ2v) is 6.24. The number of anilines is 1. The van der Waals surface area contributed by atoms with Gasteiger partial charge in [-0.25, -0.2) is 0 Å². The van der Waals surface area contributed by atoms with E-state index in [0.29, 0.717) is 18.9 Å². The molecule has 0 heterocycles. The summed E-state index contributed by atoms with van der Waals surface area (Å²) in [6.07, 6.45) is 1.50. The quantitative estimate of drug-likeness (QED) is 0.766. The SMILES string of the molecule is CC(C)CC(CN)CC(=O)Nc1cccc(I)c1. The van der Waals surface area contributed by atoms with Crippen molar-refractivity contribution in [2.45, 2.75) is 26.7 Å². The molecule has 0 aliphatic heterocycles. The molecule has 0 saturated carbocycles. The summed E-state index contributed by atoms with van der Waals surface area (Å²) >= 11 is 2.23. The van der Waals surface area contributed by atoms with E-state index in [1.54, 1.807) is 0 Å². The largest absolute Gasteiger partial charge is 0.330 e. The molecule has 1 aromatic rings. The van der Waals surface area contributed by atoms with Crippen LogP contribution in [-0.2, 0) is 4.79 Å². The lowest BCUT2D eigenvalue weighted by atomic mass is 9.94. The molecule has 4 heteroatoms. The molecule has 0 spiro atoms. The Bertz CT molecular complexity index is 393. The summed E-state index contributed by atoms with van der Waals surface area (Å²) in [5.41, 5.74) is 6.56. The molecule has 0 radical (unpaired) electrons. The number of hydrogen-bond donors (Lipinski definition) is 2. The van der Waals surface area contributed by atoms with E-state index in [0.717, 1.165) is 15.7 Å². The molecule has 0 saturated heterocycles. The molecular formula is C14H21IN2O. The van der Waals surface area contributed by atoms with Gasteiger partial charge in [-0.05, 0) is 65.6 Å². The van der Waals surface area contributed by atoms with E-state index in [4.69, 9.17) is 5.73 Å². The third-order valence-electron chi connectivity index (χ3n) is 2.72. The standard InChI is InChI=1S/C14H21IN2O/c1-10(2)6-11(9-16)7-14(18)17-13-5-3-4-12(15)8-13/h3-5,8,10-11H,6-7,9,16H2,1-2H3,(H,17,18). The van der Waals surface area contributed by atoms with Gasteiger partial charge in [0.15, 0.2) is 0 Å². The van der Waals surface area contributed by atoms with Gasteiger partial charge in [0.1, 0.15) is 0 Å². The summed E-state index contributed by atoms with van der Waals surface area (Å²) in [6, 6.07) is 7.79. The van der Waals surface area contributed by atoms with Crippen LogP contribution in [0.5, 0.6) is 0 Å². The molecule has 100 valence electrons. The maximum absolute atomic E-state index is 11.9. The summed E-state index contributed by atoms with van der Waals surface area (Å²) in [7, 11) is 0. The van der Waals surface area contributed by atoms with Gasteiger partial charge in [0.05, 0.1) is 0 Å². The van der Waals surface area contributed by atoms with Gasteiger partial charge in [0, 0.05) is 15.7 Å². The number of benzene rings is 1.